The molecule has 1 saturated heterocycles. The second-order valence-electron chi connectivity index (χ2n) is 7.44. The molecule has 33 heavy (non-hydrogen) atoms. The molecule has 1 aliphatic heterocycles. The summed E-state index contributed by atoms with van der Waals surface area (Å²) < 4.78 is 32.8. The molecule has 0 unspecified atom stereocenters. The molecule has 1 aliphatic rings. The van der Waals surface area contributed by atoms with E-state index in [1.807, 2.05) is 12.1 Å². The number of rotatable bonds is 8. The van der Waals surface area contributed by atoms with Crippen molar-refractivity contribution >= 4 is 39.3 Å². The number of halogens is 1. The van der Waals surface area contributed by atoms with E-state index in [9.17, 15) is 22.8 Å². The standard InChI is InChI=1S/C22H24ClN3O6S/c1-32-17-8-4-15(5-9-17)16-6-10-18(11-7-16)33(30,31)26-12-2-3-19(26)22(29)25(14-20(24)27)21(28)13-23/h4-11,19H,2-3,12-14H2,1H3,(H2,24,27)/t19-/m0/s1. The highest BCUT2D eigenvalue weighted by molar-refractivity contribution is 7.89. The Bertz CT molecular complexity index is 1140. The molecule has 1 fully saturated rings. The van der Waals surface area contributed by atoms with Gasteiger partial charge in [0.05, 0.1) is 12.0 Å². The Hall–Kier alpha value is -2.95. The number of sulfonamides is 1. The molecule has 1 atom stereocenters. The van der Waals surface area contributed by atoms with Gasteiger partial charge in [-0.2, -0.15) is 4.31 Å². The van der Waals surface area contributed by atoms with Gasteiger partial charge in [0, 0.05) is 6.54 Å². The van der Waals surface area contributed by atoms with Gasteiger partial charge in [-0.15, -0.1) is 11.6 Å². The highest BCUT2D eigenvalue weighted by atomic mass is 35.5. The van der Waals surface area contributed by atoms with Crippen LogP contribution in [0.2, 0.25) is 0 Å². The number of imide groups is 1. The molecule has 3 amide bonds. The third kappa shape index (κ3) is 5.35. The topological polar surface area (TPSA) is 127 Å². The van der Waals surface area contributed by atoms with E-state index in [4.69, 9.17) is 22.1 Å². The predicted molar refractivity (Wildman–Crippen MR) is 122 cm³/mol. The van der Waals surface area contributed by atoms with E-state index in [1.165, 1.54) is 12.1 Å². The lowest BCUT2D eigenvalue weighted by Crippen LogP contribution is -2.52. The SMILES string of the molecule is COc1ccc(-c2ccc(S(=O)(=O)N3CCC[C@H]3C(=O)N(CC(N)=O)C(=O)CCl)cc2)cc1. The zero-order chi connectivity index (χ0) is 24.2. The van der Waals surface area contributed by atoms with Crippen molar-refractivity contribution in [3.63, 3.8) is 0 Å². The summed E-state index contributed by atoms with van der Waals surface area (Å²) in [6.45, 7) is -0.552. The number of hydrogen-bond acceptors (Lipinski definition) is 6. The van der Waals surface area contributed by atoms with Crippen LogP contribution < -0.4 is 10.5 Å². The Morgan fingerprint density at radius 1 is 1.09 bits per heavy atom. The third-order valence-electron chi connectivity index (χ3n) is 5.37. The summed E-state index contributed by atoms with van der Waals surface area (Å²) >= 11 is 5.55. The first-order chi connectivity index (χ1) is 15.7. The smallest absolute Gasteiger partial charge is 0.248 e. The highest BCUT2D eigenvalue weighted by Crippen LogP contribution is 2.29. The van der Waals surface area contributed by atoms with Crippen molar-refractivity contribution in [3.8, 4) is 16.9 Å². The highest BCUT2D eigenvalue weighted by Gasteiger charge is 2.42. The number of hydrogen-bond donors (Lipinski definition) is 1. The van der Waals surface area contributed by atoms with Crippen LogP contribution in [0, 0.1) is 0 Å². The number of alkyl halides is 1. The normalized spacial score (nSPS) is 16.4. The average Bonchev–Trinajstić information content (AvgIpc) is 3.32. The molecule has 0 saturated carbocycles. The number of nitrogens with zero attached hydrogens (tertiary/aromatic N) is 2. The molecule has 2 N–H and O–H groups in total. The minimum Gasteiger partial charge on any atom is -0.497 e. The van der Waals surface area contributed by atoms with Gasteiger partial charge in [0.1, 0.15) is 24.2 Å². The van der Waals surface area contributed by atoms with Gasteiger partial charge in [-0.25, -0.2) is 8.42 Å². The van der Waals surface area contributed by atoms with Crippen molar-refractivity contribution in [2.75, 3.05) is 26.1 Å². The number of nitrogens with two attached hydrogens (primary N) is 1. The van der Waals surface area contributed by atoms with Gasteiger partial charge in [0.15, 0.2) is 0 Å². The monoisotopic (exact) mass is 493 g/mol. The Balaban J connectivity index is 1.85. The van der Waals surface area contributed by atoms with E-state index < -0.39 is 46.2 Å². The largest absolute Gasteiger partial charge is 0.497 e. The van der Waals surface area contributed by atoms with Crippen LogP contribution in [0.4, 0.5) is 0 Å². The summed E-state index contributed by atoms with van der Waals surface area (Å²) in [6, 6.07) is 12.5. The number of carbonyl (C=O) groups excluding carboxylic acids is 3. The minimum atomic E-state index is -4.03. The molecule has 2 aromatic rings. The predicted octanol–water partition coefficient (Wildman–Crippen LogP) is 1.59. The number of carbonyl (C=O) groups is 3. The molecule has 0 radical (unpaired) electrons. The van der Waals surface area contributed by atoms with Crippen molar-refractivity contribution in [2.45, 2.75) is 23.8 Å². The van der Waals surface area contributed by atoms with Crippen LogP contribution >= 0.6 is 11.6 Å². The summed E-state index contributed by atoms with van der Waals surface area (Å²) in [6.07, 6.45) is 0.645. The molecule has 11 heteroatoms. The lowest BCUT2D eigenvalue weighted by Gasteiger charge is -2.27. The summed E-state index contributed by atoms with van der Waals surface area (Å²) in [5.41, 5.74) is 6.84. The molecule has 0 bridgehead atoms. The van der Waals surface area contributed by atoms with Gasteiger partial charge < -0.3 is 10.5 Å². The van der Waals surface area contributed by atoms with E-state index in [1.54, 1.807) is 31.4 Å². The van der Waals surface area contributed by atoms with Crippen LogP contribution in [0.1, 0.15) is 12.8 Å². The van der Waals surface area contributed by atoms with E-state index in [2.05, 4.69) is 0 Å². The van der Waals surface area contributed by atoms with Gasteiger partial charge in [0.25, 0.3) is 0 Å². The van der Waals surface area contributed by atoms with Gasteiger partial charge in [-0.05, 0) is 48.2 Å². The molecular formula is C22H24ClN3O6S. The first-order valence-corrected chi connectivity index (χ1v) is 12.1. The number of benzene rings is 2. The Labute approximate surface area is 197 Å². The van der Waals surface area contributed by atoms with Gasteiger partial charge >= 0.3 is 0 Å². The van der Waals surface area contributed by atoms with Crippen molar-refractivity contribution in [1.29, 1.82) is 0 Å². The van der Waals surface area contributed by atoms with E-state index >= 15 is 0 Å². The Morgan fingerprint density at radius 2 is 1.67 bits per heavy atom. The van der Waals surface area contributed by atoms with Crippen LogP contribution in [0.3, 0.4) is 0 Å². The maximum absolute atomic E-state index is 13.3. The summed E-state index contributed by atoms with van der Waals surface area (Å²) in [5.74, 6) is -2.35. The van der Waals surface area contributed by atoms with Crippen molar-refractivity contribution < 1.29 is 27.5 Å². The van der Waals surface area contributed by atoms with Crippen LogP contribution in [0.25, 0.3) is 11.1 Å². The second-order valence-corrected chi connectivity index (χ2v) is 9.60. The van der Waals surface area contributed by atoms with Gasteiger partial charge in [-0.3, -0.25) is 19.3 Å². The number of primary amides is 1. The number of amides is 3. The molecule has 0 aromatic heterocycles. The van der Waals surface area contributed by atoms with Crippen molar-refractivity contribution in [1.82, 2.24) is 9.21 Å². The molecule has 0 aliphatic carbocycles. The Morgan fingerprint density at radius 3 is 2.18 bits per heavy atom. The maximum atomic E-state index is 13.3. The van der Waals surface area contributed by atoms with Gasteiger partial charge in [0.2, 0.25) is 27.7 Å². The molecule has 0 spiro atoms. The van der Waals surface area contributed by atoms with E-state index in [0.29, 0.717) is 17.1 Å². The van der Waals surface area contributed by atoms with Crippen LogP contribution in [0.5, 0.6) is 5.75 Å². The molecule has 1 heterocycles. The molecule has 2 aromatic carbocycles. The first-order valence-electron chi connectivity index (χ1n) is 10.1. The Kier molecular flexibility index (Phi) is 7.72. The van der Waals surface area contributed by atoms with E-state index in [0.717, 1.165) is 15.4 Å². The molecular weight excluding hydrogens is 470 g/mol. The zero-order valence-electron chi connectivity index (χ0n) is 17.9. The van der Waals surface area contributed by atoms with Crippen LogP contribution in [0.15, 0.2) is 53.4 Å². The molecule has 176 valence electrons. The lowest BCUT2D eigenvalue weighted by molar-refractivity contribution is -0.148. The summed E-state index contributed by atoms with van der Waals surface area (Å²) in [4.78, 5) is 37.0. The zero-order valence-corrected chi connectivity index (χ0v) is 19.5. The number of ether oxygens (including phenoxy) is 1. The van der Waals surface area contributed by atoms with Crippen LogP contribution in [-0.2, 0) is 24.4 Å². The second kappa shape index (κ2) is 10.3. The summed E-state index contributed by atoms with van der Waals surface area (Å²) in [7, 11) is -2.46. The van der Waals surface area contributed by atoms with Crippen molar-refractivity contribution in [2.24, 2.45) is 5.73 Å². The van der Waals surface area contributed by atoms with Gasteiger partial charge in [-0.1, -0.05) is 24.3 Å². The quantitative estimate of drug-likeness (QED) is 0.556. The fourth-order valence-electron chi connectivity index (χ4n) is 3.71. The average molecular weight is 494 g/mol. The molecule has 9 nitrogen and oxygen atoms in total. The maximum Gasteiger partial charge on any atom is 0.248 e. The number of methoxy groups -OCH3 is 1. The fraction of sp³-hybridized carbons (Fsp3) is 0.318. The van der Waals surface area contributed by atoms with E-state index in [-0.39, 0.29) is 17.9 Å². The fourth-order valence-corrected chi connectivity index (χ4v) is 5.50. The first kappa shape index (κ1) is 24.7. The lowest BCUT2D eigenvalue weighted by atomic mass is 10.1. The van der Waals surface area contributed by atoms with Crippen LogP contribution in [-0.4, -0.2) is 67.5 Å². The molecule has 3 rings (SSSR count). The van der Waals surface area contributed by atoms with Crippen molar-refractivity contribution in [3.05, 3.63) is 48.5 Å². The third-order valence-corrected chi connectivity index (χ3v) is 7.52. The minimum absolute atomic E-state index is 0.0181. The summed E-state index contributed by atoms with van der Waals surface area (Å²) in [5, 5.41) is 0.